The van der Waals surface area contributed by atoms with Gasteiger partial charge in [-0.05, 0) is 51.8 Å². The van der Waals surface area contributed by atoms with Crippen molar-refractivity contribution in [3.63, 3.8) is 0 Å². The maximum absolute atomic E-state index is 5.72. The summed E-state index contributed by atoms with van der Waals surface area (Å²) in [5.74, 6) is 1.63. The Morgan fingerprint density at radius 1 is 1.17 bits per heavy atom. The van der Waals surface area contributed by atoms with E-state index in [0.29, 0.717) is 6.61 Å². The number of ether oxygens (including phenoxy) is 2. The maximum atomic E-state index is 5.72. The van der Waals surface area contributed by atoms with E-state index in [9.17, 15) is 0 Å². The summed E-state index contributed by atoms with van der Waals surface area (Å²) in [6.45, 7) is 0.634. The third-order valence-corrected chi connectivity index (χ3v) is 3.16. The Hall–Kier alpha value is -1.55. The number of rotatable bonds is 5. The van der Waals surface area contributed by atoms with Crippen LogP contribution in [-0.4, -0.2) is 18.7 Å². The Morgan fingerprint density at radius 2 is 1.94 bits per heavy atom. The van der Waals surface area contributed by atoms with Gasteiger partial charge < -0.3 is 9.47 Å². The van der Waals surface area contributed by atoms with E-state index in [4.69, 9.17) is 9.47 Å². The van der Waals surface area contributed by atoms with Crippen LogP contribution in [0.4, 0.5) is 0 Å². The second kappa shape index (κ2) is 6.40. The van der Waals surface area contributed by atoms with Crippen LogP contribution in [0.2, 0.25) is 0 Å². The van der Waals surface area contributed by atoms with Crippen molar-refractivity contribution in [2.24, 2.45) is 0 Å². The molecule has 0 atom stereocenters. The van der Waals surface area contributed by atoms with Gasteiger partial charge in [0.25, 0.3) is 0 Å². The first-order chi connectivity index (χ1) is 8.79. The summed E-state index contributed by atoms with van der Waals surface area (Å²) in [5, 5.41) is 0. The fourth-order valence-corrected chi connectivity index (χ4v) is 2.03. The fraction of sp³-hybridized carbons (Fsp3) is 0.214. The van der Waals surface area contributed by atoms with E-state index < -0.39 is 0 Å². The molecule has 1 heterocycles. The molecule has 0 saturated carbocycles. The Bertz CT molecular complexity index is 502. The lowest BCUT2D eigenvalue weighted by molar-refractivity contribution is 0.319. The van der Waals surface area contributed by atoms with Crippen molar-refractivity contribution in [2.75, 3.05) is 13.7 Å². The summed E-state index contributed by atoms with van der Waals surface area (Å²) in [7, 11) is 1.64. The van der Waals surface area contributed by atoms with E-state index in [2.05, 4.69) is 20.9 Å². The van der Waals surface area contributed by atoms with Crippen LogP contribution in [0.1, 0.15) is 5.56 Å². The number of nitrogens with zero attached hydrogens (tertiary/aromatic N) is 1. The van der Waals surface area contributed by atoms with Gasteiger partial charge in [0.2, 0.25) is 0 Å². The molecule has 0 amide bonds. The van der Waals surface area contributed by atoms with Gasteiger partial charge in [0.1, 0.15) is 11.5 Å². The van der Waals surface area contributed by atoms with E-state index in [0.717, 1.165) is 22.4 Å². The van der Waals surface area contributed by atoms with Gasteiger partial charge >= 0.3 is 0 Å². The Balaban J connectivity index is 1.91. The van der Waals surface area contributed by atoms with Crippen molar-refractivity contribution in [1.82, 2.24) is 4.98 Å². The minimum atomic E-state index is 0.634. The number of pyridine rings is 1. The van der Waals surface area contributed by atoms with Gasteiger partial charge in [-0.1, -0.05) is 0 Å². The lowest BCUT2D eigenvalue weighted by Gasteiger charge is -2.09. The topological polar surface area (TPSA) is 31.4 Å². The van der Waals surface area contributed by atoms with E-state index >= 15 is 0 Å². The summed E-state index contributed by atoms with van der Waals surface area (Å²) in [5.41, 5.74) is 1.22. The smallest absolute Gasteiger partial charge is 0.133 e. The summed E-state index contributed by atoms with van der Waals surface area (Å²) in [4.78, 5) is 3.98. The highest BCUT2D eigenvalue weighted by molar-refractivity contribution is 9.10. The Labute approximate surface area is 115 Å². The molecule has 0 aliphatic rings. The average molecular weight is 308 g/mol. The number of halogens is 1. The molecule has 0 fully saturated rings. The zero-order valence-corrected chi connectivity index (χ0v) is 11.7. The largest absolute Gasteiger partial charge is 0.497 e. The molecule has 0 saturated heterocycles. The van der Waals surface area contributed by atoms with Crippen molar-refractivity contribution in [2.45, 2.75) is 6.42 Å². The molecular formula is C14H14BrNO2. The first-order valence-electron chi connectivity index (χ1n) is 5.65. The number of methoxy groups -OCH3 is 1. The van der Waals surface area contributed by atoms with Gasteiger partial charge in [-0.2, -0.15) is 0 Å². The van der Waals surface area contributed by atoms with Crippen LogP contribution in [0.15, 0.2) is 47.2 Å². The predicted molar refractivity (Wildman–Crippen MR) is 74.1 cm³/mol. The minimum Gasteiger partial charge on any atom is -0.497 e. The van der Waals surface area contributed by atoms with Crippen molar-refractivity contribution >= 4 is 15.9 Å². The summed E-state index contributed by atoms with van der Waals surface area (Å²) < 4.78 is 11.7. The molecule has 0 radical (unpaired) electrons. The van der Waals surface area contributed by atoms with Gasteiger partial charge in [0.05, 0.1) is 18.2 Å². The molecule has 0 unspecified atom stereocenters. The average Bonchev–Trinajstić information content (AvgIpc) is 2.42. The normalized spacial score (nSPS) is 10.1. The number of benzene rings is 1. The predicted octanol–water partition coefficient (Wildman–Crippen LogP) is 3.47. The highest BCUT2D eigenvalue weighted by atomic mass is 79.9. The third kappa shape index (κ3) is 3.47. The number of hydrogen-bond acceptors (Lipinski definition) is 3. The van der Waals surface area contributed by atoms with Crippen molar-refractivity contribution < 1.29 is 9.47 Å². The van der Waals surface area contributed by atoms with Crippen LogP contribution in [-0.2, 0) is 6.42 Å². The summed E-state index contributed by atoms with van der Waals surface area (Å²) in [6.07, 6.45) is 4.44. The molecule has 1 aromatic carbocycles. The fourth-order valence-electron chi connectivity index (χ4n) is 1.55. The molecule has 0 bridgehead atoms. The minimum absolute atomic E-state index is 0.634. The zero-order valence-electron chi connectivity index (χ0n) is 10.1. The van der Waals surface area contributed by atoms with Crippen molar-refractivity contribution in [3.05, 3.63) is 52.8 Å². The van der Waals surface area contributed by atoms with Crippen LogP contribution < -0.4 is 9.47 Å². The van der Waals surface area contributed by atoms with E-state index in [1.54, 1.807) is 19.5 Å². The molecule has 0 aliphatic heterocycles. The van der Waals surface area contributed by atoms with Crippen LogP contribution in [0.3, 0.4) is 0 Å². The second-order valence-corrected chi connectivity index (χ2v) is 4.60. The molecule has 18 heavy (non-hydrogen) atoms. The number of aromatic nitrogens is 1. The standard InChI is InChI=1S/C14H14BrNO2/c1-17-12-2-3-14(13(15)10-12)18-9-6-11-4-7-16-8-5-11/h2-5,7-8,10H,6,9H2,1H3. The van der Waals surface area contributed by atoms with Gasteiger partial charge in [-0.15, -0.1) is 0 Å². The SMILES string of the molecule is COc1ccc(OCCc2ccncc2)c(Br)c1. The Kier molecular flexibility index (Phi) is 4.59. The number of hydrogen-bond donors (Lipinski definition) is 0. The second-order valence-electron chi connectivity index (χ2n) is 3.75. The molecule has 4 heteroatoms. The maximum Gasteiger partial charge on any atom is 0.133 e. The van der Waals surface area contributed by atoms with Crippen LogP contribution in [0.25, 0.3) is 0 Å². The summed E-state index contributed by atoms with van der Waals surface area (Å²) >= 11 is 3.46. The van der Waals surface area contributed by atoms with Gasteiger partial charge in [0.15, 0.2) is 0 Å². The molecule has 2 rings (SSSR count). The lowest BCUT2D eigenvalue weighted by Crippen LogP contribution is -2.01. The highest BCUT2D eigenvalue weighted by Crippen LogP contribution is 2.29. The molecule has 0 spiro atoms. The summed E-state index contributed by atoms with van der Waals surface area (Å²) in [6, 6.07) is 9.66. The first-order valence-corrected chi connectivity index (χ1v) is 6.44. The highest BCUT2D eigenvalue weighted by Gasteiger charge is 2.03. The molecule has 0 aliphatic carbocycles. The van der Waals surface area contributed by atoms with Crippen molar-refractivity contribution in [1.29, 1.82) is 0 Å². The van der Waals surface area contributed by atoms with Gasteiger partial charge in [-0.3, -0.25) is 4.98 Å². The van der Waals surface area contributed by atoms with Gasteiger partial charge in [-0.25, -0.2) is 0 Å². The monoisotopic (exact) mass is 307 g/mol. The van der Waals surface area contributed by atoms with E-state index in [-0.39, 0.29) is 0 Å². The van der Waals surface area contributed by atoms with E-state index in [1.165, 1.54) is 5.56 Å². The molecule has 2 aromatic rings. The van der Waals surface area contributed by atoms with Crippen LogP contribution in [0, 0.1) is 0 Å². The lowest BCUT2D eigenvalue weighted by atomic mass is 10.2. The zero-order chi connectivity index (χ0) is 12.8. The van der Waals surface area contributed by atoms with Crippen LogP contribution >= 0.6 is 15.9 Å². The Morgan fingerprint density at radius 3 is 2.61 bits per heavy atom. The quantitative estimate of drug-likeness (QED) is 0.847. The first kappa shape index (κ1) is 12.9. The van der Waals surface area contributed by atoms with Crippen molar-refractivity contribution in [3.8, 4) is 11.5 Å². The molecule has 1 aromatic heterocycles. The molecule has 94 valence electrons. The molecular weight excluding hydrogens is 294 g/mol. The van der Waals surface area contributed by atoms with E-state index in [1.807, 2.05) is 30.3 Å². The molecule has 3 nitrogen and oxygen atoms in total. The molecule has 0 N–H and O–H groups in total. The van der Waals surface area contributed by atoms with Crippen LogP contribution in [0.5, 0.6) is 11.5 Å². The third-order valence-electron chi connectivity index (χ3n) is 2.54. The van der Waals surface area contributed by atoms with Gasteiger partial charge in [0, 0.05) is 18.8 Å².